The molecule has 1 unspecified atom stereocenters. The Labute approximate surface area is 176 Å². The number of methoxy groups -OCH3 is 1. The van der Waals surface area contributed by atoms with E-state index in [4.69, 9.17) is 4.74 Å². The average molecular weight is 400 g/mol. The molecule has 0 saturated carbocycles. The number of fused-ring (bicyclic) bond motifs is 1. The van der Waals surface area contributed by atoms with E-state index < -0.39 is 0 Å². The fourth-order valence-corrected chi connectivity index (χ4v) is 3.87. The SMILES string of the molecule is COc1ccc(CC(=O)N2CC(=O)Nc3ccc(C)cc3C2c2ccccc2)cc1. The van der Waals surface area contributed by atoms with Crippen LogP contribution in [0.3, 0.4) is 0 Å². The first-order chi connectivity index (χ1) is 14.5. The fraction of sp³-hybridized carbons (Fsp3) is 0.200. The molecule has 30 heavy (non-hydrogen) atoms. The molecule has 0 aromatic heterocycles. The number of hydrogen-bond acceptors (Lipinski definition) is 3. The van der Waals surface area contributed by atoms with Gasteiger partial charge in [0.25, 0.3) is 0 Å². The number of benzene rings is 3. The lowest BCUT2D eigenvalue weighted by atomic mass is 9.94. The maximum atomic E-state index is 13.4. The first-order valence-corrected chi connectivity index (χ1v) is 9.93. The van der Waals surface area contributed by atoms with E-state index in [1.807, 2.05) is 79.7 Å². The van der Waals surface area contributed by atoms with Gasteiger partial charge in [-0.05, 0) is 36.2 Å². The van der Waals surface area contributed by atoms with E-state index in [0.29, 0.717) is 0 Å². The number of carbonyl (C=O) groups excluding carboxylic acids is 2. The number of amides is 2. The monoisotopic (exact) mass is 400 g/mol. The Morgan fingerprint density at radius 1 is 1.07 bits per heavy atom. The van der Waals surface area contributed by atoms with Gasteiger partial charge in [0.1, 0.15) is 12.3 Å². The van der Waals surface area contributed by atoms with E-state index >= 15 is 0 Å². The number of anilines is 1. The van der Waals surface area contributed by atoms with Gasteiger partial charge >= 0.3 is 0 Å². The van der Waals surface area contributed by atoms with Crippen molar-refractivity contribution in [1.29, 1.82) is 0 Å². The van der Waals surface area contributed by atoms with Crippen molar-refractivity contribution < 1.29 is 14.3 Å². The van der Waals surface area contributed by atoms with Crippen molar-refractivity contribution in [1.82, 2.24) is 4.90 Å². The lowest BCUT2D eigenvalue weighted by Gasteiger charge is -2.31. The van der Waals surface area contributed by atoms with Gasteiger partial charge in [-0.15, -0.1) is 0 Å². The van der Waals surface area contributed by atoms with E-state index in [2.05, 4.69) is 5.32 Å². The highest BCUT2D eigenvalue weighted by atomic mass is 16.5. The number of ether oxygens (including phenoxy) is 1. The Morgan fingerprint density at radius 3 is 2.50 bits per heavy atom. The van der Waals surface area contributed by atoms with Crippen LogP contribution in [0.5, 0.6) is 5.75 Å². The van der Waals surface area contributed by atoms with Gasteiger partial charge in [-0.1, -0.05) is 60.2 Å². The van der Waals surface area contributed by atoms with E-state index in [1.165, 1.54) is 0 Å². The van der Waals surface area contributed by atoms with Crippen LogP contribution in [0.15, 0.2) is 72.8 Å². The van der Waals surface area contributed by atoms with Crippen LogP contribution in [0, 0.1) is 6.92 Å². The zero-order chi connectivity index (χ0) is 21.1. The third kappa shape index (κ3) is 4.06. The predicted molar refractivity (Wildman–Crippen MR) is 117 cm³/mol. The molecule has 0 saturated heterocycles. The molecule has 1 atom stereocenters. The maximum Gasteiger partial charge on any atom is 0.244 e. The van der Waals surface area contributed by atoms with Gasteiger partial charge in [0.2, 0.25) is 11.8 Å². The Hall–Kier alpha value is -3.60. The lowest BCUT2D eigenvalue weighted by molar-refractivity contribution is -0.135. The summed E-state index contributed by atoms with van der Waals surface area (Å²) in [5.41, 5.74) is 4.60. The standard InChI is InChI=1S/C25H24N2O3/c1-17-8-13-22-21(14-17)25(19-6-4-3-5-7-19)27(16-23(28)26-22)24(29)15-18-9-11-20(30-2)12-10-18/h3-14,25H,15-16H2,1-2H3,(H,26,28). The number of nitrogens with one attached hydrogen (secondary N) is 1. The van der Waals surface area contributed by atoms with Crippen molar-refractivity contribution in [2.24, 2.45) is 0 Å². The second-order valence-electron chi connectivity index (χ2n) is 7.50. The Bertz CT molecular complexity index is 1060. The summed E-state index contributed by atoms with van der Waals surface area (Å²) in [6.07, 6.45) is 0.210. The molecule has 152 valence electrons. The molecular formula is C25H24N2O3. The zero-order valence-corrected chi connectivity index (χ0v) is 17.1. The average Bonchev–Trinajstić information content (AvgIpc) is 2.90. The quantitative estimate of drug-likeness (QED) is 0.717. The summed E-state index contributed by atoms with van der Waals surface area (Å²) in [6, 6.07) is 22.9. The molecule has 0 spiro atoms. The molecule has 0 bridgehead atoms. The molecule has 1 aliphatic rings. The van der Waals surface area contributed by atoms with Crippen LogP contribution in [0.1, 0.15) is 28.3 Å². The topological polar surface area (TPSA) is 58.6 Å². The summed E-state index contributed by atoms with van der Waals surface area (Å²) in [5.74, 6) is 0.451. The second-order valence-corrected chi connectivity index (χ2v) is 7.50. The van der Waals surface area contributed by atoms with Gasteiger partial charge in [-0.2, -0.15) is 0 Å². The molecule has 0 radical (unpaired) electrons. The van der Waals surface area contributed by atoms with Crippen LogP contribution in [0.2, 0.25) is 0 Å². The lowest BCUT2D eigenvalue weighted by Crippen LogP contribution is -2.39. The van der Waals surface area contributed by atoms with Crippen LogP contribution in [-0.4, -0.2) is 30.4 Å². The highest BCUT2D eigenvalue weighted by Gasteiger charge is 2.33. The second kappa shape index (κ2) is 8.41. The van der Waals surface area contributed by atoms with Crippen molar-refractivity contribution in [2.45, 2.75) is 19.4 Å². The number of carbonyl (C=O) groups is 2. The highest BCUT2D eigenvalue weighted by molar-refractivity contribution is 5.97. The largest absolute Gasteiger partial charge is 0.497 e. The van der Waals surface area contributed by atoms with Crippen LogP contribution < -0.4 is 10.1 Å². The summed E-state index contributed by atoms with van der Waals surface area (Å²) in [6.45, 7) is 2.01. The van der Waals surface area contributed by atoms with Crippen LogP contribution in [-0.2, 0) is 16.0 Å². The molecule has 2 amide bonds. The van der Waals surface area contributed by atoms with Gasteiger partial charge < -0.3 is 15.0 Å². The minimum atomic E-state index is -0.342. The van der Waals surface area contributed by atoms with Gasteiger partial charge in [0, 0.05) is 11.3 Å². The molecule has 1 N–H and O–H groups in total. The van der Waals surface area contributed by atoms with Crippen molar-refractivity contribution in [3.63, 3.8) is 0 Å². The van der Waals surface area contributed by atoms with E-state index in [9.17, 15) is 9.59 Å². The smallest absolute Gasteiger partial charge is 0.244 e. The zero-order valence-electron chi connectivity index (χ0n) is 17.1. The van der Waals surface area contributed by atoms with Crippen molar-refractivity contribution in [3.05, 3.63) is 95.1 Å². The predicted octanol–water partition coefficient (Wildman–Crippen LogP) is 4.12. The molecule has 4 rings (SSSR count). The molecule has 5 nitrogen and oxygen atoms in total. The molecular weight excluding hydrogens is 376 g/mol. The van der Waals surface area contributed by atoms with E-state index in [0.717, 1.165) is 33.7 Å². The molecule has 1 heterocycles. The Kier molecular flexibility index (Phi) is 5.53. The van der Waals surface area contributed by atoms with E-state index in [1.54, 1.807) is 12.0 Å². The molecule has 3 aromatic carbocycles. The molecule has 1 aliphatic heterocycles. The first-order valence-electron chi connectivity index (χ1n) is 9.93. The fourth-order valence-electron chi connectivity index (χ4n) is 3.87. The highest BCUT2D eigenvalue weighted by Crippen LogP contribution is 2.36. The number of rotatable bonds is 4. The summed E-state index contributed by atoms with van der Waals surface area (Å²) in [5, 5.41) is 2.96. The molecule has 0 fully saturated rings. The number of aryl methyl sites for hydroxylation is 1. The minimum Gasteiger partial charge on any atom is -0.497 e. The Balaban J connectivity index is 1.75. The van der Waals surface area contributed by atoms with Crippen molar-refractivity contribution in [2.75, 3.05) is 19.0 Å². The number of hydrogen-bond donors (Lipinski definition) is 1. The van der Waals surface area contributed by atoms with Crippen LogP contribution >= 0.6 is 0 Å². The van der Waals surface area contributed by atoms with Gasteiger partial charge in [0.15, 0.2) is 0 Å². The maximum absolute atomic E-state index is 13.4. The summed E-state index contributed by atoms with van der Waals surface area (Å²) < 4.78 is 5.20. The van der Waals surface area contributed by atoms with Crippen molar-refractivity contribution in [3.8, 4) is 5.75 Å². The van der Waals surface area contributed by atoms with Crippen LogP contribution in [0.25, 0.3) is 0 Å². The summed E-state index contributed by atoms with van der Waals surface area (Å²) >= 11 is 0. The minimum absolute atomic E-state index is 0.00226. The third-order valence-corrected chi connectivity index (χ3v) is 5.35. The molecule has 0 aliphatic carbocycles. The van der Waals surface area contributed by atoms with Crippen LogP contribution in [0.4, 0.5) is 5.69 Å². The molecule has 5 heteroatoms. The summed E-state index contributed by atoms with van der Waals surface area (Å²) in [4.78, 5) is 27.7. The summed E-state index contributed by atoms with van der Waals surface area (Å²) in [7, 11) is 1.61. The van der Waals surface area contributed by atoms with E-state index in [-0.39, 0.29) is 30.8 Å². The third-order valence-electron chi connectivity index (χ3n) is 5.35. The number of nitrogens with zero attached hydrogens (tertiary/aromatic N) is 1. The Morgan fingerprint density at radius 2 is 1.80 bits per heavy atom. The van der Waals surface area contributed by atoms with Crippen molar-refractivity contribution >= 4 is 17.5 Å². The normalized spacial score (nSPS) is 15.7. The molecule has 3 aromatic rings. The van der Waals surface area contributed by atoms with Gasteiger partial charge in [0.05, 0.1) is 19.6 Å². The van der Waals surface area contributed by atoms with Gasteiger partial charge in [-0.25, -0.2) is 0 Å². The first kappa shape index (κ1) is 19.7. The van der Waals surface area contributed by atoms with Gasteiger partial charge in [-0.3, -0.25) is 9.59 Å².